The van der Waals surface area contributed by atoms with E-state index in [9.17, 15) is 4.79 Å². The molecule has 0 bridgehead atoms. The zero-order valence-electron chi connectivity index (χ0n) is 11.6. The van der Waals surface area contributed by atoms with Crippen molar-refractivity contribution in [2.24, 2.45) is 0 Å². The largest absolute Gasteiger partial charge is 0.370 e. The molecule has 1 amide bonds. The minimum atomic E-state index is -0.159. The van der Waals surface area contributed by atoms with Gasteiger partial charge in [0.05, 0.1) is 0 Å². The Hall–Kier alpha value is -2.31. The van der Waals surface area contributed by atoms with E-state index in [0.29, 0.717) is 11.1 Å². The third kappa shape index (κ3) is 11.7. The molecule has 0 aromatic carbocycles. The topological polar surface area (TPSA) is 29.1 Å². The van der Waals surface area contributed by atoms with Gasteiger partial charge in [-0.2, -0.15) is 6.58 Å². The van der Waals surface area contributed by atoms with Crippen molar-refractivity contribution in [2.75, 3.05) is 7.05 Å². The summed E-state index contributed by atoms with van der Waals surface area (Å²) in [6.45, 7) is 16.8. The first kappa shape index (κ1) is 23.5. The Bertz CT molecular complexity index is 220. The number of hydrogen-bond donors (Lipinski definition) is 1. The van der Waals surface area contributed by atoms with Gasteiger partial charge in [-0.15, -0.1) is 17.7 Å². The summed E-state index contributed by atoms with van der Waals surface area (Å²) >= 11 is 0. The van der Waals surface area contributed by atoms with Crippen LogP contribution in [0.4, 0.5) is 0 Å². The molecule has 2 nitrogen and oxygen atoms in total. The van der Waals surface area contributed by atoms with E-state index >= 15 is 0 Å². The fourth-order valence-corrected chi connectivity index (χ4v) is 0.619. The quantitative estimate of drug-likeness (QED) is 0.378. The van der Waals surface area contributed by atoms with Crippen LogP contribution < -0.4 is 5.32 Å². The van der Waals surface area contributed by atoms with E-state index in [0.717, 1.165) is 0 Å². The molecule has 3 heteroatoms. The normalized spacial score (nSPS) is 8.00. The van der Waals surface area contributed by atoms with Crippen LogP contribution in [0.15, 0.2) is 30.4 Å². The van der Waals surface area contributed by atoms with Crippen molar-refractivity contribution in [3.63, 3.8) is 0 Å². The van der Waals surface area contributed by atoms with Crippen molar-refractivity contribution in [1.82, 2.24) is 5.32 Å². The monoisotopic (exact) mass is 477 g/mol. The van der Waals surface area contributed by atoms with Crippen LogP contribution in [0.2, 0.25) is 0 Å². The summed E-state index contributed by atoms with van der Waals surface area (Å²) in [4.78, 5) is 11.0. The molecule has 0 heterocycles. The van der Waals surface area contributed by atoms with E-state index in [1.54, 1.807) is 14.0 Å². The predicted molar refractivity (Wildman–Crippen MR) is 68.5 cm³/mol. The second kappa shape index (κ2) is 18.5. The van der Waals surface area contributed by atoms with Crippen molar-refractivity contribution in [3.8, 4) is 0 Å². The van der Waals surface area contributed by atoms with Crippen molar-refractivity contribution in [1.29, 1.82) is 0 Å². The smallest absolute Gasteiger partial charge is 0.169 e. The summed E-state index contributed by atoms with van der Waals surface area (Å²) < 4.78 is 0. The van der Waals surface area contributed by atoms with Crippen molar-refractivity contribution in [3.05, 3.63) is 36.5 Å². The average molecular weight is 477 g/mol. The number of carbonyl (C=O) groups excluding carboxylic acids is 1. The summed E-state index contributed by atoms with van der Waals surface area (Å²) in [6, 6.07) is 0. The van der Waals surface area contributed by atoms with E-state index in [4.69, 9.17) is 0 Å². The fourth-order valence-electron chi connectivity index (χ4n) is 0.619. The number of carbonyl (C=O) groups is 1. The van der Waals surface area contributed by atoms with Gasteiger partial charge in [0, 0.05) is 7.05 Å². The van der Waals surface area contributed by atoms with Gasteiger partial charge in [-0.25, -0.2) is 6.08 Å². The third-order valence-electron chi connectivity index (χ3n) is 1.18. The first-order chi connectivity index (χ1) is 7.13. The molecule has 1 N–H and O–H groups in total. The first-order valence-electron chi connectivity index (χ1n) is 5.24. The molecule has 0 unspecified atom stereocenters. The first-order valence-corrected chi connectivity index (χ1v) is 5.24. The van der Waals surface area contributed by atoms with Crippen LogP contribution in [0.5, 0.6) is 0 Å². The van der Waals surface area contributed by atoms with Crippen LogP contribution in [0.25, 0.3) is 0 Å². The van der Waals surface area contributed by atoms with Crippen LogP contribution >= 0.6 is 0 Å². The van der Waals surface area contributed by atoms with E-state index in [1.165, 1.54) is 6.08 Å². The number of nitrogens with one attached hydrogen (secondary N) is 1. The van der Waals surface area contributed by atoms with Gasteiger partial charge in [-0.3, -0.25) is 10.9 Å². The van der Waals surface area contributed by atoms with Gasteiger partial charge in [0.15, 0.2) is 5.91 Å². The van der Waals surface area contributed by atoms with Crippen LogP contribution in [0.3, 0.4) is 0 Å². The molecule has 0 saturated heterocycles. The molecule has 0 fully saturated rings. The Morgan fingerprint density at radius 3 is 1.81 bits per heavy atom. The molecule has 16 heavy (non-hydrogen) atoms. The van der Waals surface area contributed by atoms with E-state index < -0.39 is 0 Å². The van der Waals surface area contributed by atoms with Crippen molar-refractivity contribution < 1.29 is 4.79 Å². The zero-order chi connectivity index (χ0) is 12.9. The van der Waals surface area contributed by atoms with Gasteiger partial charge in [0.25, 0.3) is 0 Å². The molecule has 0 radical (unpaired) electrons. The van der Waals surface area contributed by atoms with Gasteiger partial charge in [0.1, 0.15) is 0 Å². The Kier molecular flexibility index (Phi) is 27.1. The molecular weight excluding hydrogens is 453 g/mol. The molecule has 0 aromatic heterocycles. The molecule has 0 aromatic rings. The summed E-state index contributed by atoms with van der Waals surface area (Å²) in [6.07, 6.45) is 4.05. The van der Waals surface area contributed by atoms with Gasteiger partial charge in [0.2, 0.25) is 0 Å². The SMILES string of the molecule is C=[C-]/C=C(\C(=C)C)C(=O)NC.CC.CC.[Rf]. The predicted octanol–water partition coefficient (Wildman–Crippen LogP) is 3.28. The van der Waals surface area contributed by atoms with Crippen molar-refractivity contribution in [2.45, 2.75) is 34.6 Å². The third-order valence-corrected chi connectivity index (χ3v) is 1.18. The Balaban J connectivity index is -0.000000129. The van der Waals surface area contributed by atoms with Crippen LogP contribution in [0, 0.1) is 6.08 Å². The Morgan fingerprint density at radius 2 is 1.62 bits per heavy atom. The van der Waals surface area contributed by atoms with Crippen LogP contribution in [0.1, 0.15) is 34.6 Å². The second-order valence-corrected chi connectivity index (χ2v) is 2.12. The molecule has 0 aliphatic rings. The fraction of sp³-hybridized carbons (Fsp3) is 0.462. The summed E-state index contributed by atoms with van der Waals surface area (Å²) in [7, 11) is 1.57. The van der Waals surface area contributed by atoms with Gasteiger partial charge >= 0.3 is 0 Å². The van der Waals surface area contributed by atoms with Crippen molar-refractivity contribution >= 4 is 5.91 Å². The number of allylic oxidation sites excluding steroid dienone is 2. The summed E-state index contributed by atoms with van der Waals surface area (Å²) in [5.74, 6) is -0.159. The Labute approximate surface area is 94.8 Å². The standard InChI is InChI=1S/C9H12NO.2C2H6.Rf/c1-5-6-8(7(2)3)9(11)10-4;2*1-2;/h6H,1-2H2,3-4H3,(H,10,11);2*1-2H3;/q-1;;;/b8-6+;;;. The molecule has 0 rings (SSSR count). The molecule has 0 saturated carbocycles. The number of likely N-dealkylation sites (N-methyl/N-ethyl adjacent to an activating group) is 1. The number of hydrogen-bond acceptors (Lipinski definition) is 1. The second-order valence-electron chi connectivity index (χ2n) is 2.12. The van der Waals surface area contributed by atoms with Gasteiger partial charge < -0.3 is 5.32 Å². The van der Waals surface area contributed by atoms with Gasteiger partial charge in [-0.1, -0.05) is 34.6 Å². The molecule has 0 spiro atoms. The molecule has 0 aliphatic carbocycles. The van der Waals surface area contributed by atoms with Gasteiger partial charge in [-0.05, 0) is 0 Å². The van der Waals surface area contributed by atoms with E-state index in [-0.39, 0.29) is 5.91 Å². The molecule has 0 atom stereocenters. The minimum Gasteiger partial charge on any atom is -0.370 e. The maximum atomic E-state index is 11.0. The molecular formula is C13H24NORf-. The van der Waals surface area contributed by atoms with Crippen LogP contribution in [-0.2, 0) is 4.79 Å². The Morgan fingerprint density at radius 1 is 1.25 bits per heavy atom. The average Bonchev–Trinajstić information content (AvgIpc) is 2.30. The molecule has 0 aliphatic heterocycles. The summed E-state index contributed by atoms with van der Waals surface area (Å²) in [5, 5.41) is 2.50. The van der Waals surface area contributed by atoms with E-state index in [1.807, 2.05) is 27.7 Å². The van der Waals surface area contributed by atoms with Crippen LogP contribution in [-0.4, -0.2) is 13.0 Å². The maximum Gasteiger partial charge on any atom is 0.169 e. The number of amides is 1. The zero-order valence-corrected chi connectivity index (χ0v) is 18.0. The summed E-state index contributed by atoms with van der Waals surface area (Å²) in [5.41, 5.74) is 1.23. The van der Waals surface area contributed by atoms with E-state index in [2.05, 4.69) is 24.6 Å². The molecule has 90 valence electrons. The number of rotatable bonds is 3. The maximum absolute atomic E-state index is 11.0. The minimum absolute atomic E-state index is 0.